The summed E-state index contributed by atoms with van der Waals surface area (Å²) in [5, 5.41) is 3.25. The molecule has 0 radical (unpaired) electrons. The van der Waals surface area contributed by atoms with E-state index in [0.29, 0.717) is 36.0 Å². The normalized spacial score (nSPS) is 10.0. The molecule has 1 rings (SSSR count). The van der Waals surface area contributed by atoms with Crippen LogP contribution >= 0.6 is 11.6 Å². The van der Waals surface area contributed by atoms with Gasteiger partial charge in [0.15, 0.2) is 0 Å². The Balaban J connectivity index is 2.88. The van der Waals surface area contributed by atoms with Crippen LogP contribution in [0.2, 0.25) is 5.02 Å². The van der Waals surface area contributed by atoms with Crippen molar-refractivity contribution in [3.8, 4) is 5.75 Å². The summed E-state index contributed by atoms with van der Waals surface area (Å²) in [6.45, 7) is 3.97. The smallest absolute Gasteiger partial charge is 0.224 e. The van der Waals surface area contributed by atoms with Crippen molar-refractivity contribution in [2.45, 2.75) is 20.3 Å². The van der Waals surface area contributed by atoms with Gasteiger partial charge in [0.2, 0.25) is 11.8 Å². The molecule has 0 aliphatic heterocycles. The molecule has 1 aromatic carbocycles. The predicted octanol–water partition coefficient (Wildman–Crippen LogP) is 2.23. The number of hydrogen-bond acceptors (Lipinski definition) is 3. The first-order chi connectivity index (χ1) is 9.49. The van der Waals surface area contributed by atoms with Gasteiger partial charge in [0.05, 0.1) is 12.8 Å². The Morgan fingerprint density at radius 3 is 2.65 bits per heavy atom. The maximum Gasteiger partial charge on any atom is 0.224 e. The fraction of sp³-hybridized carbons (Fsp3) is 0.429. The molecule has 5 nitrogen and oxygen atoms in total. The molecule has 0 atom stereocenters. The van der Waals surface area contributed by atoms with Gasteiger partial charge in [-0.15, -0.1) is 0 Å². The Bertz CT molecular complexity index is 491. The Labute approximate surface area is 123 Å². The van der Waals surface area contributed by atoms with Crippen LogP contribution in [-0.4, -0.2) is 32.0 Å². The Morgan fingerprint density at radius 1 is 1.40 bits per heavy atom. The lowest BCUT2D eigenvalue weighted by Gasteiger charge is -2.23. The number of ether oxygens (including phenoxy) is 1. The number of benzene rings is 1. The molecule has 0 unspecified atom stereocenters. The van der Waals surface area contributed by atoms with Gasteiger partial charge in [-0.3, -0.25) is 9.59 Å². The number of halogens is 1. The van der Waals surface area contributed by atoms with Gasteiger partial charge in [-0.1, -0.05) is 18.5 Å². The molecule has 2 amide bonds. The van der Waals surface area contributed by atoms with E-state index in [2.05, 4.69) is 5.32 Å². The second kappa shape index (κ2) is 7.75. The van der Waals surface area contributed by atoms with Gasteiger partial charge in [-0.25, -0.2) is 0 Å². The van der Waals surface area contributed by atoms with Crippen LogP contribution in [0.5, 0.6) is 5.75 Å². The lowest BCUT2D eigenvalue weighted by Crippen LogP contribution is -2.37. The molecule has 0 aromatic heterocycles. The van der Waals surface area contributed by atoms with E-state index in [0.717, 1.165) is 0 Å². The number of rotatable bonds is 6. The van der Waals surface area contributed by atoms with E-state index in [4.69, 9.17) is 16.3 Å². The number of carbonyl (C=O) groups excluding carboxylic acids is 2. The summed E-state index contributed by atoms with van der Waals surface area (Å²) in [7, 11) is 1.53. The quantitative estimate of drug-likeness (QED) is 0.876. The van der Waals surface area contributed by atoms with Gasteiger partial charge in [0.25, 0.3) is 0 Å². The molecule has 0 heterocycles. The van der Waals surface area contributed by atoms with E-state index in [-0.39, 0.29) is 11.8 Å². The third kappa shape index (κ3) is 4.42. The fourth-order valence-electron chi connectivity index (χ4n) is 1.75. The maximum absolute atomic E-state index is 11.8. The summed E-state index contributed by atoms with van der Waals surface area (Å²) in [4.78, 5) is 24.5. The van der Waals surface area contributed by atoms with Crippen molar-refractivity contribution in [2.75, 3.05) is 25.1 Å². The number of anilines is 1. The van der Waals surface area contributed by atoms with Gasteiger partial charge in [0, 0.05) is 31.5 Å². The number of carbonyl (C=O) groups is 2. The minimum absolute atomic E-state index is 0.0495. The van der Waals surface area contributed by atoms with Crippen LogP contribution in [0.25, 0.3) is 0 Å². The zero-order chi connectivity index (χ0) is 15.1. The highest BCUT2D eigenvalue weighted by Crippen LogP contribution is 2.31. The Hall–Kier alpha value is -1.75. The number of methoxy groups -OCH3 is 1. The lowest BCUT2D eigenvalue weighted by molar-refractivity contribution is -0.121. The van der Waals surface area contributed by atoms with Gasteiger partial charge in [0.1, 0.15) is 5.75 Å². The van der Waals surface area contributed by atoms with Crippen LogP contribution in [-0.2, 0) is 9.59 Å². The molecule has 0 saturated carbocycles. The SMILES string of the molecule is CCC(=O)NCCN(C(C)=O)c1cc(Cl)ccc1OC. The fourth-order valence-corrected chi connectivity index (χ4v) is 1.92. The molecule has 0 aliphatic carbocycles. The summed E-state index contributed by atoms with van der Waals surface area (Å²) in [6.07, 6.45) is 0.417. The second-order valence-corrected chi connectivity index (χ2v) is 4.63. The molecule has 0 spiro atoms. The second-order valence-electron chi connectivity index (χ2n) is 4.19. The van der Waals surface area contributed by atoms with E-state index >= 15 is 0 Å². The highest BCUT2D eigenvalue weighted by molar-refractivity contribution is 6.31. The summed E-state index contributed by atoms with van der Waals surface area (Å²) in [5.74, 6) is 0.370. The van der Waals surface area contributed by atoms with Gasteiger partial charge in [-0.2, -0.15) is 0 Å². The highest BCUT2D eigenvalue weighted by atomic mass is 35.5. The Morgan fingerprint density at radius 2 is 2.10 bits per heavy atom. The zero-order valence-electron chi connectivity index (χ0n) is 11.9. The van der Waals surface area contributed by atoms with Crippen LogP contribution in [0, 0.1) is 0 Å². The molecule has 1 N–H and O–H groups in total. The van der Waals surface area contributed by atoms with Crippen LogP contribution in [0.15, 0.2) is 18.2 Å². The van der Waals surface area contributed by atoms with E-state index in [9.17, 15) is 9.59 Å². The van der Waals surface area contributed by atoms with E-state index < -0.39 is 0 Å². The van der Waals surface area contributed by atoms with E-state index in [1.54, 1.807) is 25.1 Å². The molecule has 20 heavy (non-hydrogen) atoms. The van der Waals surface area contributed by atoms with Crippen LogP contribution in [0.1, 0.15) is 20.3 Å². The molecular formula is C14H19ClN2O3. The van der Waals surface area contributed by atoms with Crippen molar-refractivity contribution in [1.82, 2.24) is 5.32 Å². The standard InChI is InChI=1S/C14H19ClN2O3/c1-4-14(19)16-7-8-17(10(2)18)12-9-11(15)5-6-13(12)20-3/h5-6,9H,4,7-8H2,1-3H3,(H,16,19). The van der Waals surface area contributed by atoms with Crippen molar-refractivity contribution < 1.29 is 14.3 Å². The van der Waals surface area contributed by atoms with Crippen LogP contribution in [0.4, 0.5) is 5.69 Å². The van der Waals surface area contributed by atoms with Crippen molar-refractivity contribution in [3.05, 3.63) is 23.2 Å². The van der Waals surface area contributed by atoms with Gasteiger partial charge < -0.3 is 15.0 Å². The van der Waals surface area contributed by atoms with Gasteiger partial charge in [-0.05, 0) is 18.2 Å². The van der Waals surface area contributed by atoms with Gasteiger partial charge >= 0.3 is 0 Å². The largest absolute Gasteiger partial charge is 0.495 e. The minimum Gasteiger partial charge on any atom is -0.495 e. The average Bonchev–Trinajstić information content (AvgIpc) is 2.42. The maximum atomic E-state index is 11.8. The Kier molecular flexibility index (Phi) is 6.31. The summed E-state index contributed by atoms with van der Waals surface area (Å²) in [6, 6.07) is 5.07. The number of nitrogens with zero attached hydrogens (tertiary/aromatic N) is 1. The molecule has 1 aromatic rings. The molecule has 6 heteroatoms. The van der Waals surface area contributed by atoms with Crippen molar-refractivity contribution >= 4 is 29.1 Å². The zero-order valence-corrected chi connectivity index (χ0v) is 12.7. The molecule has 0 fully saturated rings. The molecule has 110 valence electrons. The minimum atomic E-state index is -0.142. The molecule has 0 saturated heterocycles. The first-order valence-electron chi connectivity index (χ1n) is 6.38. The van der Waals surface area contributed by atoms with E-state index in [1.807, 2.05) is 0 Å². The van der Waals surface area contributed by atoms with Crippen molar-refractivity contribution in [1.29, 1.82) is 0 Å². The molecular weight excluding hydrogens is 280 g/mol. The lowest BCUT2D eigenvalue weighted by atomic mass is 10.2. The number of nitrogens with one attached hydrogen (secondary N) is 1. The topological polar surface area (TPSA) is 58.6 Å². The third-order valence-electron chi connectivity index (χ3n) is 2.79. The predicted molar refractivity (Wildman–Crippen MR) is 79.3 cm³/mol. The summed E-state index contributed by atoms with van der Waals surface area (Å²) < 4.78 is 5.24. The monoisotopic (exact) mass is 298 g/mol. The van der Waals surface area contributed by atoms with E-state index in [1.165, 1.54) is 18.9 Å². The number of hydrogen-bond donors (Lipinski definition) is 1. The molecule has 0 bridgehead atoms. The van der Waals surface area contributed by atoms with Crippen molar-refractivity contribution in [2.24, 2.45) is 0 Å². The average molecular weight is 299 g/mol. The first kappa shape index (κ1) is 16.3. The van der Waals surface area contributed by atoms with Crippen molar-refractivity contribution in [3.63, 3.8) is 0 Å². The number of amides is 2. The molecule has 0 aliphatic rings. The first-order valence-corrected chi connectivity index (χ1v) is 6.75. The summed E-state index contributed by atoms with van der Waals surface area (Å²) >= 11 is 5.97. The highest BCUT2D eigenvalue weighted by Gasteiger charge is 2.16. The third-order valence-corrected chi connectivity index (χ3v) is 3.03. The van der Waals surface area contributed by atoms with Crippen LogP contribution < -0.4 is 15.0 Å². The summed E-state index contributed by atoms with van der Waals surface area (Å²) in [5.41, 5.74) is 0.596. The van der Waals surface area contributed by atoms with Crippen LogP contribution in [0.3, 0.4) is 0 Å².